The Hall–Kier alpha value is -2.92. The van der Waals surface area contributed by atoms with Gasteiger partial charge in [-0.3, -0.25) is 9.59 Å². The van der Waals surface area contributed by atoms with Gasteiger partial charge in [-0.25, -0.2) is 0 Å². The molecule has 140 valence electrons. The van der Waals surface area contributed by atoms with E-state index in [2.05, 4.69) is 11.9 Å². The molecule has 1 amide bonds. The predicted molar refractivity (Wildman–Crippen MR) is 104 cm³/mol. The van der Waals surface area contributed by atoms with Gasteiger partial charge in [-0.1, -0.05) is 66.7 Å². The molecule has 27 heavy (non-hydrogen) atoms. The topological polar surface area (TPSA) is 92.4 Å². The minimum Gasteiger partial charge on any atom is -0.480 e. The molecule has 3 rings (SSSR count). The van der Waals surface area contributed by atoms with Crippen LogP contribution in [0.15, 0.2) is 73.3 Å². The Kier molecular flexibility index (Phi) is 5.15. The van der Waals surface area contributed by atoms with Gasteiger partial charge in [-0.2, -0.15) is 0 Å². The van der Waals surface area contributed by atoms with Crippen molar-refractivity contribution in [2.45, 2.75) is 25.4 Å². The van der Waals surface area contributed by atoms with Crippen molar-refractivity contribution in [3.8, 4) is 0 Å². The zero-order valence-corrected chi connectivity index (χ0v) is 15.1. The van der Waals surface area contributed by atoms with E-state index in [0.29, 0.717) is 13.0 Å². The van der Waals surface area contributed by atoms with Crippen molar-refractivity contribution >= 4 is 11.9 Å². The van der Waals surface area contributed by atoms with Gasteiger partial charge in [0.25, 0.3) is 0 Å². The van der Waals surface area contributed by atoms with Crippen LogP contribution in [0.25, 0.3) is 0 Å². The smallest absolute Gasteiger partial charge is 0.320 e. The molecule has 2 aromatic rings. The van der Waals surface area contributed by atoms with E-state index in [1.807, 2.05) is 60.7 Å². The highest BCUT2D eigenvalue weighted by atomic mass is 16.4. The second-order valence-corrected chi connectivity index (χ2v) is 7.15. The number of rotatable bonds is 9. The highest BCUT2D eigenvalue weighted by molar-refractivity contribution is 6.06. The summed E-state index contributed by atoms with van der Waals surface area (Å²) in [5.74, 6) is -1.98. The fourth-order valence-electron chi connectivity index (χ4n) is 3.93. The van der Waals surface area contributed by atoms with E-state index in [1.54, 1.807) is 6.08 Å². The monoisotopic (exact) mass is 364 g/mol. The van der Waals surface area contributed by atoms with Crippen LogP contribution in [-0.2, 0) is 16.1 Å². The van der Waals surface area contributed by atoms with Crippen molar-refractivity contribution in [3.63, 3.8) is 0 Å². The van der Waals surface area contributed by atoms with Crippen molar-refractivity contribution in [1.82, 2.24) is 5.32 Å². The number of aliphatic carboxylic acids is 1. The predicted octanol–water partition coefficient (Wildman–Crippen LogP) is 3.04. The molecule has 0 heterocycles. The van der Waals surface area contributed by atoms with Crippen molar-refractivity contribution in [2.75, 3.05) is 0 Å². The van der Waals surface area contributed by atoms with Crippen LogP contribution in [-0.4, -0.2) is 17.0 Å². The first-order valence-corrected chi connectivity index (χ1v) is 8.94. The Morgan fingerprint density at radius 2 is 1.74 bits per heavy atom. The van der Waals surface area contributed by atoms with E-state index in [9.17, 15) is 14.7 Å². The summed E-state index contributed by atoms with van der Waals surface area (Å²) in [7, 11) is 0. The Bertz CT molecular complexity index is 821. The first-order valence-electron chi connectivity index (χ1n) is 8.94. The van der Waals surface area contributed by atoms with Crippen molar-refractivity contribution in [2.24, 2.45) is 16.6 Å². The van der Waals surface area contributed by atoms with Crippen LogP contribution in [0.4, 0.5) is 0 Å². The van der Waals surface area contributed by atoms with Gasteiger partial charge in [-0.15, -0.1) is 6.58 Å². The molecule has 0 aromatic heterocycles. The Morgan fingerprint density at radius 3 is 2.22 bits per heavy atom. The third-order valence-corrected chi connectivity index (χ3v) is 5.65. The minimum atomic E-state index is -1.57. The molecule has 1 aliphatic carbocycles. The molecule has 2 aromatic carbocycles. The summed E-state index contributed by atoms with van der Waals surface area (Å²) < 4.78 is 0. The summed E-state index contributed by atoms with van der Waals surface area (Å²) in [6, 6.07) is 19.6. The maximum Gasteiger partial charge on any atom is 0.320 e. The van der Waals surface area contributed by atoms with Gasteiger partial charge in [0.1, 0.15) is 0 Å². The second-order valence-electron chi connectivity index (χ2n) is 7.15. The molecule has 1 saturated carbocycles. The quantitative estimate of drug-likeness (QED) is 0.471. The molecule has 3 atom stereocenters. The van der Waals surface area contributed by atoms with E-state index in [0.717, 1.165) is 11.1 Å². The number of amides is 1. The normalized spacial score (nSPS) is 24.7. The van der Waals surface area contributed by atoms with Crippen LogP contribution in [0.5, 0.6) is 0 Å². The van der Waals surface area contributed by atoms with Crippen LogP contribution in [0.1, 0.15) is 30.0 Å². The third kappa shape index (κ3) is 3.38. The summed E-state index contributed by atoms with van der Waals surface area (Å²) in [5.41, 5.74) is 5.21. The Labute approximate surface area is 158 Å². The number of carboxylic acids is 1. The van der Waals surface area contributed by atoms with Gasteiger partial charge < -0.3 is 16.2 Å². The van der Waals surface area contributed by atoms with Gasteiger partial charge in [0, 0.05) is 18.0 Å². The number of carbonyl (C=O) groups excluding carboxylic acids is 1. The molecule has 1 fully saturated rings. The molecule has 4 N–H and O–H groups in total. The molecule has 0 aliphatic heterocycles. The van der Waals surface area contributed by atoms with Crippen LogP contribution >= 0.6 is 0 Å². The number of primary amides is 1. The van der Waals surface area contributed by atoms with Crippen LogP contribution < -0.4 is 11.1 Å². The first kappa shape index (κ1) is 18.9. The highest BCUT2D eigenvalue weighted by Crippen LogP contribution is 2.68. The van der Waals surface area contributed by atoms with Crippen LogP contribution in [0.3, 0.4) is 0 Å². The highest BCUT2D eigenvalue weighted by Gasteiger charge is 2.75. The van der Waals surface area contributed by atoms with Crippen molar-refractivity contribution in [1.29, 1.82) is 0 Å². The zero-order valence-electron chi connectivity index (χ0n) is 15.1. The zero-order chi connectivity index (χ0) is 19.5. The van der Waals surface area contributed by atoms with Gasteiger partial charge in [0.05, 0.1) is 0 Å². The van der Waals surface area contributed by atoms with Gasteiger partial charge in [-0.05, 0) is 24.0 Å². The van der Waals surface area contributed by atoms with Gasteiger partial charge in [0.15, 0.2) is 5.41 Å². The first-order chi connectivity index (χ1) is 12.9. The maximum atomic E-state index is 12.0. The summed E-state index contributed by atoms with van der Waals surface area (Å²) in [5, 5.41) is 13.2. The molecule has 0 bridgehead atoms. The Morgan fingerprint density at radius 1 is 1.15 bits per heavy atom. The molecule has 2 unspecified atom stereocenters. The second kappa shape index (κ2) is 7.37. The molecule has 5 nitrogen and oxygen atoms in total. The van der Waals surface area contributed by atoms with Gasteiger partial charge in [0.2, 0.25) is 5.91 Å². The molecule has 5 heteroatoms. The number of nitrogens with two attached hydrogens (primary N) is 1. The lowest BCUT2D eigenvalue weighted by atomic mass is 9.84. The van der Waals surface area contributed by atoms with Crippen molar-refractivity contribution in [3.05, 3.63) is 84.4 Å². The summed E-state index contributed by atoms with van der Waals surface area (Å²) in [6.45, 7) is 4.45. The van der Waals surface area contributed by atoms with E-state index in [-0.39, 0.29) is 12.5 Å². The fraction of sp³-hybridized carbons (Fsp3) is 0.273. The lowest BCUT2D eigenvalue weighted by molar-refractivity contribution is -0.149. The number of carbonyl (C=O) groups is 2. The summed E-state index contributed by atoms with van der Waals surface area (Å²) in [6.07, 6.45) is 2.21. The van der Waals surface area contributed by atoms with Crippen LogP contribution in [0.2, 0.25) is 0 Å². The van der Waals surface area contributed by atoms with E-state index < -0.39 is 22.7 Å². The molecule has 0 saturated heterocycles. The molecule has 1 aliphatic rings. The lowest BCUT2D eigenvalue weighted by Gasteiger charge is -2.26. The molecular weight excluding hydrogens is 340 g/mol. The van der Waals surface area contributed by atoms with E-state index >= 15 is 0 Å². The average molecular weight is 364 g/mol. The third-order valence-electron chi connectivity index (χ3n) is 5.65. The van der Waals surface area contributed by atoms with E-state index in [4.69, 9.17) is 5.73 Å². The SMILES string of the molecule is C=CC1(C[C@H](NCc2ccccc2)c2ccccc2)CC1(C(N)=O)C(=O)O. The Balaban J connectivity index is 1.86. The van der Waals surface area contributed by atoms with E-state index in [1.165, 1.54) is 0 Å². The standard InChI is InChI=1S/C22H24N2O3/c1-2-21(15-22(21,19(23)25)20(26)27)13-18(17-11-7-4-8-12-17)24-14-16-9-5-3-6-10-16/h2-12,18,24H,1,13-15H2,(H2,23,25)(H,26,27)/t18-,21?,22?/m0/s1. The molecular formula is C22H24N2O3. The lowest BCUT2D eigenvalue weighted by Crippen LogP contribution is -2.38. The number of nitrogens with one attached hydrogen (secondary N) is 1. The number of carboxylic acid groups (broad SMARTS) is 1. The van der Waals surface area contributed by atoms with Crippen molar-refractivity contribution < 1.29 is 14.7 Å². The number of hydrogen-bond acceptors (Lipinski definition) is 3. The summed E-state index contributed by atoms with van der Waals surface area (Å²) >= 11 is 0. The van der Waals surface area contributed by atoms with Crippen LogP contribution in [0, 0.1) is 10.8 Å². The molecule has 0 radical (unpaired) electrons. The number of benzene rings is 2. The summed E-state index contributed by atoms with van der Waals surface area (Å²) in [4.78, 5) is 23.8. The fourth-order valence-corrected chi connectivity index (χ4v) is 3.93. The number of hydrogen-bond donors (Lipinski definition) is 3. The maximum absolute atomic E-state index is 12.0. The molecule has 0 spiro atoms. The van der Waals surface area contributed by atoms with Gasteiger partial charge >= 0.3 is 5.97 Å². The number of allylic oxidation sites excluding steroid dienone is 1. The average Bonchev–Trinajstić information content (AvgIpc) is 3.37. The minimum absolute atomic E-state index is 0.134. The largest absolute Gasteiger partial charge is 0.480 e.